The molecule has 27 heavy (non-hydrogen) atoms. The van der Waals surface area contributed by atoms with Crippen molar-refractivity contribution in [2.24, 2.45) is 0 Å². The van der Waals surface area contributed by atoms with Gasteiger partial charge >= 0.3 is 5.97 Å². The molecule has 0 spiro atoms. The summed E-state index contributed by atoms with van der Waals surface area (Å²) >= 11 is 5.91. The van der Waals surface area contributed by atoms with E-state index in [9.17, 15) is 28.1 Å². The van der Waals surface area contributed by atoms with E-state index in [1.807, 2.05) is 0 Å². The molecule has 2 aromatic carbocycles. The van der Waals surface area contributed by atoms with Gasteiger partial charge in [0.05, 0.1) is 26.1 Å². The average Bonchev–Trinajstić information content (AvgIpc) is 2.60. The Morgan fingerprint density at radius 1 is 1.22 bits per heavy atom. The number of anilines is 1. The third-order valence-corrected chi connectivity index (χ3v) is 4.71. The Bertz CT molecular complexity index is 1020. The van der Waals surface area contributed by atoms with E-state index in [1.165, 1.54) is 36.4 Å². The maximum Gasteiger partial charge on any atom is 0.338 e. The van der Waals surface area contributed by atoms with Crippen LogP contribution in [0.4, 0.5) is 11.4 Å². The fourth-order valence-corrected chi connectivity index (χ4v) is 2.79. The summed E-state index contributed by atoms with van der Waals surface area (Å²) in [5.74, 6) is -1.69. The molecule has 142 valence electrons. The standard InChI is InChI=1S/C16H13ClN2O7S/c1-27(24,25)12-5-6-13(17)14(8-12)18-15(20)9-26-16(21)10-3-2-4-11(7-10)19(22)23/h2-8H,9H2,1H3,(H,18,20). The summed E-state index contributed by atoms with van der Waals surface area (Å²) in [7, 11) is -3.50. The second kappa shape index (κ2) is 8.14. The molecule has 0 heterocycles. The first-order valence-electron chi connectivity index (χ1n) is 7.29. The number of nitro groups is 1. The van der Waals surface area contributed by atoms with Crippen molar-refractivity contribution < 1.29 is 27.7 Å². The summed E-state index contributed by atoms with van der Waals surface area (Å²) in [6, 6.07) is 8.62. The van der Waals surface area contributed by atoms with Gasteiger partial charge in [-0.2, -0.15) is 0 Å². The van der Waals surface area contributed by atoms with Crippen LogP contribution in [0.5, 0.6) is 0 Å². The highest BCUT2D eigenvalue weighted by atomic mass is 35.5. The van der Waals surface area contributed by atoms with Gasteiger partial charge in [-0.3, -0.25) is 14.9 Å². The number of carbonyl (C=O) groups excluding carboxylic acids is 2. The maximum atomic E-state index is 11.9. The number of nitrogens with one attached hydrogen (secondary N) is 1. The van der Waals surface area contributed by atoms with Crippen molar-refractivity contribution in [3.63, 3.8) is 0 Å². The number of nitrogens with zero attached hydrogens (tertiary/aromatic N) is 1. The highest BCUT2D eigenvalue weighted by Gasteiger charge is 2.16. The van der Waals surface area contributed by atoms with Crippen molar-refractivity contribution in [2.45, 2.75) is 4.90 Å². The number of rotatable bonds is 6. The number of nitro benzene ring substituents is 1. The molecule has 1 amide bonds. The zero-order valence-corrected chi connectivity index (χ0v) is 15.4. The molecular formula is C16H13ClN2O7S. The van der Waals surface area contributed by atoms with E-state index in [0.29, 0.717) is 0 Å². The number of halogens is 1. The van der Waals surface area contributed by atoms with Crippen molar-refractivity contribution >= 4 is 44.7 Å². The van der Waals surface area contributed by atoms with Gasteiger partial charge in [0.15, 0.2) is 16.4 Å². The van der Waals surface area contributed by atoms with E-state index in [2.05, 4.69) is 5.32 Å². The lowest BCUT2D eigenvalue weighted by atomic mass is 10.2. The molecule has 1 N–H and O–H groups in total. The molecule has 9 nitrogen and oxygen atoms in total. The summed E-state index contributed by atoms with van der Waals surface area (Å²) < 4.78 is 27.9. The molecule has 0 atom stereocenters. The van der Waals surface area contributed by atoms with E-state index >= 15 is 0 Å². The van der Waals surface area contributed by atoms with Crippen LogP contribution in [0.15, 0.2) is 47.4 Å². The van der Waals surface area contributed by atoms with Gasteiger partial charge in [0, 0.05) is 18.4 Å². The molecule has 2 rings (SSSR count). The van der Waals surface area contributed by atoms with E-state index in [0.717, 1.165) is 12.3 Å². The normalized spacial score (nSPS) is 10.9. The number of ether oxygens (including phenoxy) is 1. The van der Waals surface area contributed by atoms with Gasteiger partial charge in [-0.15, -0.1) is 0 Å². The number of non-ortho nitro benzene ring substituents is 1. The third kappa shape index (κ3) is 5.50. The van der Waals surface area contributed by atoms with Crippen LogP contribution < -0.4 is 5.32 Å². The summed E-state index contributed by atoms with van der Waals surface area (Å²) in [6.07, 6.45) is 1.00. The minimum atomic E-state index is -3.50. The van der Waals surface area contributed by atoms with Crippen LogP contribution in [-0.4, -0.2) is 38.1 Å². The minimum absolute atomic E-state index is 0.0380. The molecule has 0 aliphatic heterocycles. The zero-order valence-electron chi connectivity index (χ0n) is 13.8. The van der Waals surface area contributed by atoms with Gasteiger partial charge in [-0.05, 0) is 24.3 Å². The van der Waals surface area contributed by atoms with E-state index in [4.69, 9.17) is 16.3 Å². The topological polar surface area (TPSA) is 133 Å². The van der Waals surface area contributed by atoms with Crippen molar-refractivity contribution in [1.29, 1.82) is 0 Å². The third-order valence-electron chi connectivity index (χ3n) is 3.27. The molecule has 0 bridgehead atoms. The second-order valence-corrected chi connectivity index (χ2v) is 7.77. The van der Waals surface area contributed by atoms with Crippen molar-refractivity contribution in [2.75, 3.05) is 18.2 Å². The molecular weight excluding hydrogens is 400 g/mol. The van der Waals surface area contributed by atoms with Crippen molar-refractivity contribution in [3.05, 3.63) is 63.2 Å². The average molecular weight is 413 g/mol. The molecule has 11 heteroatoms. The number of esters is 1. The second-order valence-electron chi connectivity index (χ2n) is 5.35. The number of sulfone groups is 1. The molecule has 0 unspecified atom stereocenters. The highest BCUT2D eigenvalue weighted by Crippen LogP contribution is 2.25. The number of benzene rings is 2. The van der Waals surface area contributed by atoms with E-state index < -0.39 is 33.2 Å². The van der Waals surface area contributed by atoms with Gasteiger partial charge < -0.3 is 10.1 Å². The summed E-state index contributed by atoms with van der Waals surface area (Å²) in [5.41, 5.74) is -0.344. The van der Waals surface area contributed by atoms with Crippen LogP contribution >= 0.6 is 11.6 Å². The van der Waals surface area contributed by atoms with E-state index in [-0.39, 0.29) is 26.9 Å². The summed E-state index contributed by atoms with van der Waals surface area (Å²) in [4.78, 5) is 33.8. The Morgan fingerprint density at radius 3 is 2.56 bits per heavy atom. The van der Waals surface area contributed by atoms with Crippen LogP contribution in [0, 0.1) is 10.1 Å². The van der Waals surface area contributed by atoms with Gasteiger partial charge in [0.25, 0.3) is 11.6 Å². The first-order valence-corrected chi connectivity index (χ1v) is 9.56. The highest BCUT2D eigenvalue weighted by molar-refractivity contribution is 7.90. The van der Waals surface area contributed by atoms with Crippen LogP contribution in [0.3, 0.4) is 0 Å². The summed E-state index contributed by atoms with van der Waals surface area (Å²) in [5, 5.41) is 13.1. The lowest BCUT2D eigenvalue weighted by Crippen LogP contribution is -2.21. The van der Waals surface area contributed by atoms with Crippen LogP contribution in [0.25, 0.3) is 0 Å². The lowest BCUT2D eigenvalue weighted by molar-refractivity contribution is -0.384. The van der Waals surface area contributed by atoms with Crippen molar-refractivity contribution in [1.82, 2.24) is 0 Å². The van der Waals surface area contributed by atoms with Crippen molar-refractivity contribution in [3.8, 4) is 0 Å². The predicted molar refractivity (Wildman–Crippen MR) is 96.6 cm³/mol. The van der Waals surface area contributed by atoms with E-state index in [1.54, 1.807) is 0 Å². The Hall–Kier alpha value is -2.98. The molecule has 0 fully saturated rings. The van der Waals surface area contributed by atoms with Gasteiger partial charge in [0.2, 0.25) is 0 Å². The quantitative estimate of drug-likeness (QED) is 0.437. The predicted octanol–water partition coefficient (Wildman–Crippen LogP) is 2.45. The number of carbonyl (C=O) groups is 2. The molecule has 0 aromatic heterocycles. The molecule has 0 aliphatic carbocycles. The fraction of sp³-hybridized carbons (Fsp3) is 0.125. The maximum absolute atomic E-state index is 11.9. The first-order chi connectivity index (χ1) is 12.6. The number of amides is 1. The van der Waals surface area contributed by atoms with Crippen LogP contribution in [-0.2, 0) is 19.4 Å². The van der Waals surface area contributed by atoms with Gasteiger partial charge in [-0.1, -0.05) is 17.7 Å². The smallest absolute Gasteiger partial charge is 0.338 e. The number of hydrogen-bond acceptors (Lipinski definition) is 7. The zero-order chi connectivity index (χ0) is 20.2. The number of hydrogen-bond donors (Lipinski definition) is 1. The molecule has 0 saturated heterocycles. The molecule has 2 aromatic rings. The molecule has 0 saturated carbocycles. The largest absolute Gasteiger partial charge is 0.452 e. The SMILES string of the molecule is CS(=O)(=O)c1ccc(Cl)c(NC(=O)COC(=O)c2cccc([N+](=O)[O-])c2)c1. The Kier molecular flexibility index (Phi) is 6.13. The molecule has 0 aliphatic rings. The minimum Gasteiger partial charge on any atom is -0.452 e. The summed E-state index contributed by atoms with van der Waals surface area (Å²) in [6.45, 7) is -0.693. The fourth-order valence-electron chi connectivity index (χ4n) is 1.98. The van der Waals surface area contributed by atoms with Crippen LogP contribution in [0.1, 0.15) is 10.4 Å². The van der Waals surface area contributed by atoms with Gasteiger partial charge in [0.1, 0.15) is 0 Å². The Morgan fingerprint density at radius 2 is 1.93 bits per heavy atom. The Balaban J connectivity index is 2.03. The van der Waals surface area contributed by atoms with Crippen LogP contribution in [0.2, 0.25) is 5.02 Å². The lowest BCUT2D eigenvalue weighted by Gasteiger charge is -2.09. The first kappa shape index (κ1) is 20.3. The monoisotopic (exact) mass is 412 g/mol. The van der Waals surface area contributed by atoms with Gasteiger partial charge in [-0.25, -0.2) is 13.2 Å². The Labute approximate surface area is 159 Å². The molecule has 0 radical (unpaired) electrons.